The van der Waals surface area contributed by atoms with Crippen LogP contribution in [0.1, 0.15) is 34.0 Å². The smallest absolute Gasteiger partial charge is 0.339 e. The normalized spacial score (nSPS) is 15.3. The number of hydrogen-bond acceptors (Lipinski definition) is 4. The number of fused-ring (bicyclic) bond motifs is 1. The maximum Gasteiger partial charge on any atom is 0.339 e. The molecule has 0 unspecified atom stereocenters. The third kappa shape index (κ3) is 3.16. The molecule has 30 heavy (non-hydrogen) atoms. The van der Waals surface area contributed by atoms with Gasteiger partial charge in [0.25, 0.3) is 0 Å². The van der Waals surface area contributed by atoms with Crippen molar-refractivity contribution in [2.24, 2.45) is 0 Å². The zero-order chi connectivity index (χ0) is 21.4. The molecule has 154 valence electrons. The molecule has 1 atom stereocenters. The number of halogens is 1. The average molecular weight is 410 g/mol. The fraction of sp³-hybridized carbons (Fsp3) is 0.182. The Bertz CT molecular complexity index is 1150. The Morgan fingerprint density at radius 2 is 1.97 bits per heavy atom. The van der Waals surface area contributed by atoms with Gasteiger partial charge < -0.3 is 24.5 Å². The van der Waals surface area contributed by atoms with Crippen molar-refractivity contribution in [1.82, 2.24) is 4.57 Å². The molecule has 7 nitrogen and oxygen atoms in total. The standard InChI is InChI=1S/C22H19FN2O5/c1-29-12-7-8-18(30-2)13(9-12)14-10-19(26)24-20-15(22(27)28)11-25(21(14)20)17-6-4-3-5-16(17)23/h3-9,11,14H,10H2,1-2H3,(H,24,26)(H,27,28)/t14-/m1/s1. The number of methoxy groups -OCH3 is 2. The van der Waals surface area contributed by atoms with Crippen molar-refractivity contribution in [2.75, 3.05) is 19.5 Å². The molecule has 1 aliphatic heterocycles. The summed E-state index contributed by atoms with van der Waals surface area (Å²) in [6, 6.07) is 11.2. The highest BCUT2D eigenvalue weighted by molar-refractivity contribution is 6.04. The van der Waals surface area contributed by atoms with E-state index in [1.807, 2.05) is 0 Å². The van der Waals surface area contributed by atoms with Crippen LogP contribution in [0.3, 0.4) is 0 Å². The van der Waals surface area contributed by atoms with Gasteiger partial charge in [0.15, 0.2) is 0 Å². The molecule has 2 N–H and O–H groups in total. The molecular weight excluding hydrogens is 391 g/mol. The van der Waals surface area contributed by atoms with E-state index in [1.165, 1.54) is 31.0 Å². The minimum Gasteiger partial charge on any atom is -0.497 e. The van der Waals surface area contributed by atoms with Gasteiger partial charge in [-0.1, -0.05) is 12.1 Å². The first-order valence-electron chi connectivity index (χ1n) is 9.19. The van der Waals surface area contributed by atoms with Gasteiger partial charge >= 0.3 is 5.97 Å². The number of aromatic carboxylic acids is 1. The summed E-state index contributed by atoms with van der Waals surface area (Å²) >= 11 is 0. The number of anilines is 1. The van der Waals surface area contributed by atoms with Gasteiger partial charge in [0.2, 0.25) is 5.91 Å². The molecule has 2 aromatic carbocycles. The first kappa shape index (κ1) is 19.5. The number of carbonyl (C=O) groups is 2. The number of amides is 1. The summed E-state index contributed by atoms with van der Waals surface area (Å²) < 4.78 is 26.9. The number of rotatable bonds is 5. The molecule has 1 aliphatic rings. The highest BCUT2D eigenvalue weighted by Crippen LogP contribution is 2.45. The predicted molar refractivity (Wildman–Crippen MR) is 107 cm³/mol. The van der Waals surface area contributed by atoms with Crippen LogP contribution in [-0.2, 0) is 4.79 Å². The van der Waals surface area contributed by atoms with E-state index in [9.17, 15) is 19.1 Å². The van der Waals surface area contributed by atoms with Crippen molar-refractivity contribution in [3.63, 3.8) is 0 Å². The highest BCUT2D eigenvalue weighted by atomic mass is 19.1. The van der Waals surface area contributed by atoms with Crippen LogP contribution in [0, 0.1) is 5.82 Å². The SMILES string of the molecule is COc1ccc(OC)c([C@H]2CC(=O)Nc3c(C(=O)O)cn(-c4ccccc4F)c32)c1. The second-order valence-electron chi connectivity index (χ2n) is 6.84. The van der Waals surface area contributed by atoms with Gasteiger partial charge in [-0.3, -0.25) is 4.79 Å². The first-order chi connectivity index (χ1) is 14.4. The van der Waals surface area contributed by atoms with Crippen molar-refractivity contribution in [3.8, 4) is 17.2 Å². The van der Waals surface area contributed by atoms with E-state index >= 15 is 0 Å². The number of benzene rings is 2. The van der Waals surface area contributed by atoms with Crippen LogP contribution < -0.4 is 14.8 Å². The first-order valence-corrected chi connectivity index (χ1v) is 9.19. The van der Waals surface area contributed by atoms with Gasteiger partial charge in [-0.15, -0.1) is 0 Å². The number of aromatic nitrogens is 1. The molecular formula is C22H19FN2O5. The van der Waals surface area contributed by atoms with Crippen LogP contribution in [0.5, 0.6) is 11.5 Å². The van der Waals surface area contributed by atoms with Gasteiger partial charge in [0, 0.05) is 24.1 Å². The summed E-state index contributed by atoms with van der Waals surface area (Å²) in [4.78, 5) is 24.4. The molecule has 0 radical (unpaired) electrons. The van der Waals surface area contributed by atoms with Crippen LogP contribution in [0.4, 0.5) is 10.1 Å². The van der Waals surface area contributed by atoms with Crippen molar-refractivity contribution in [2.45, 2.75) is 12.3 Å². The number of nitrogens with one attached hydrogen (secondary N) is 1. The number of carbonyl (C=O) groups excluding carboxylic acids is 1. The molecule has 0 saturated carbocycles. The van der Waals surface area contributed by atoms with Gasteiger partial charge in [0.1, 0.15) is 22.9 Å². The minimum atomic E-state index is -1.22. The Balaban J connectivity index is 2.02. The summed E-state index contributed by atoms with van der Waals surface area (Å²) in [6.07, 6.45) is 1.37. The lowest BCUT2D eigenvalue weighted by atomic mass is 9.87. The quantitative estimate of drug-likeness (QED) is 0.668. The van der Waals surface area contributed by atoms with Gasteiger partial charge in [-0.25, -0.2) is 9.18 Å². The lowest BCUT2D eigenvalue weighted by Gasteiger charge is -2.27. The zero-order valence-corrected chi connectivity index (χ0v) is 16.3. The average Bonchev–Trinajstić information content (AvgIpc) is 3.12. The van der Waals surface area contributed by atoms with E-state index in [0.717, 1.165) is 0 Å². The third-order valence-corrected chi connectivity index (χ3v) is 5.18. The molecule has 2 heterocycles. The van der Waals surface area contributed by atoms with Gasteiger partial charge in [0.05, 0.1) is 31.3 Å². The van der Waals surface area contributed by atoms with Crippen molar-refractivity contribution in [3.05, 3.63) is 71.3 Å². The molecule has 0 fully saturated rings. The van der Waals surface area contributed by atoms with Crippen molar-refractivity contribution >= 4 is 17.6 Å². The lowest BCUT2D eigenvalue weighted by molar-refractivity contribution is -0.116. The van der Waals surface area contributed by atoms with E-state index in [1.54, 1.807) is 36.4 Å². The number of nitrogens with zero attached hydrogens (tertiary/aromatic N) is 1. The van der Waals surface area contributed by atoms with E-state index in [2.05, 4.69) is 5.32 Å². The fourth-order valence-corrected chi connectivity index (χ4v) is 3.85. The second kappa shape index (κ2) is 7.55. The van der Waals surface area contributed by atoms with Crippen LogP contribution in [0.25, 0.3) is 5.69 Å². The van der Waals surface area contributed by atoms with Crippen LogP contribution in [-0.4, -0.2) is 35.8 Å². The maximum absolute atomic E-state index is 14.6. The van der Waals surface area contributed by atoms with E-state index in [-0.39, 0.29) is 29.3 Å². The van der Waals surface area contributed by atoms with Crippen LogP contribution in [0.15, 0.2) is 48.7 Å². The Hall–Kier alpha value is -3.81. The molecule has 1 amide bonds. The predicted octanol–water partition coefficient (Wildman–Crippen LogP) is 3.81. The summed E-state index contributed by atoms with van der Waals surface area (Å²) in [5.41, 5.74) is 1.32. The Morgan fingerprint density at radius 1 is 1.20 bits per heavy atom. The maximum atomic E-state index is 14.6. The summed E-state index contributed by atoms with van der Waals surface area (Å²) in [6.45, 7) is 0. The topological polar surface area (TPSA) is 89.8 Å². The molecule has 0 aliphatic carbocycles. The zero-order valence-electron chi connectivity index (χ0n) is 16.3. The Labute approximate surface area is 171 Å². The summed E-state index contributed by atoms with van der Waals surface area (Å²) in [5.74, 6) is -1.58. The summed E-state index contributed by atoms with van der Waals surface area (Å²) in [5, 5.41) is 12.3. The molecule has 3 aromatic rings. The number of para-hydroxylation sites is 1. The van der Waals surface area contributed by atoms with E-state index in [4.69, 9.17) is 9.47 Å². The van der Waals surface area contributed by atoms with E-state index in [0.29, 0.717) is 22.8 Å². The Morgan fingerprint density at radius 3 is 2.63 bits per heavy atom. The lowest BCUT2D eigenvalue weighted by Crippen LogP contribution is -2.26. The van der Waals surface area contributed by atoms with Crippen LogP contribution in [0.2, 0.25) is 0 Å². The fourth-order valence-electron chi connectivity index (χ4n) is 3.85. The molecule has 0 spiro atoms. The molecule has 0 saturated heterocycles. The third-order valence-electron chi connectivity index (χ3n) is 5.18. The number of hydrogen-bond donors (Lipinski definition) is 2. The van der Waals surface area contributed by atoms with E-state index < -0.39 is 17.7 Å². The summed E-state index contributed by atoms with van der Waals surface area (Å²) in [7, 11) is 3.03. The van der Waals surface area contributed by atoms with Gasteiger partial charge in [-0.05, 0) is 30.3 Å². The number of carboxylic acid groups (broad SMARTS) is 1. The second-order valence-corrected chi connectivity index (χ2v) is 6.84. The largest absolute Gasteiger partial charge is 0.497 e. The molecule has 4 rings (SSSR count). The van der Waals surface area contributed by atoms with Crippen molar-refractivity contribution < 1.29 is 28.6 Å². The number of ether oxygens (including phenoxy) is 2. The van der Waals surface area contributed by atoms with Crippen LogP contribution >= 0.6 is 0 Å². The molecule has 1 aromatic heterocycles. The highest BCUT2D eigenvalue weighted by Gasteiger charge is 2.36. The monoisotopic (exact) mass is 410 g/mol. The Kier molecular flexibility index (Phi) is 4.91. The van der Waals surface area contributed by atoms with Crippen molar-refractivity contribution in [1.29, 1.82) is 0 Å². The number of carboxylic acids is 1. The minimum absolute atomic E-state index is 0.0358. The molecule has 0 bridgehead atoms. The molecule has 8 heteroatoms. The van der Waals surface area contributed by atoms with Gasteiger partial charge in [-0.2, -0.15) is 0 Å².